The van der Waals surface area contributed by atoms with Crippen LogP contribution in [0.2, 0.25) is 0 Å². The number of halogens is 1. The molecule has 0 unspecified atom stereocenters. The number of ketones is 2. The number of nitrogens with zero attached hydrogens (tertiary/aromatic N) is 1. The molecular weight excluding hydrogens is 666 g/mol. The Bertz CT molecular complexity index is 1220. The number of hydrogen-bond donors (Lipinski definition) is 0. The van der Waals surface area contributed by atoms with E-state index >= 15 is 0 Å². The van der Waals surface area contributed by atoms with Gasteiger partial charge in [0.15, 0.2) is 5.78 Å². The van der Waals surface area contributed by atoms with Gasteiger partial charge in [-0.1, -0.05) is 0 Å². The first-order valence-corrected chi connectivity index (χ1v) is 15.0. The average Bonchev–Trinajstić information content (AvgIpc) is 3.05. The van der Waals surface area contributed by atoms with Crippen molar-refractivity contribution in [2.24, 2.45) is 0 Å². The lowest BCUT2D eigenvalue weighted by atomic mass is 9.82. The van der Waals surface area contributed by atoms with Gasteiger partial charge in [0, 0.05) is 44.1 Å². The monoisotopic (exact) mass is 713 g/mol. The fourth-order valence-electron chi connectivity index (χ4n) is 5.36. The summed E-state index contributed by atoms with van der Waals surface area (Å²) in [6, 6.07) is 6.80. The highest BCUT2D eigenvalue weighted by Gasteiger charge is 2.37. The molecule has 0 heterocycles. The van der Waals surface area contributed by atoms with Crippen LogP contribution in [0.3, 0.4) is 0 Å². The fraction of sp³-hybridized carbons (Fsp3) is 0.576. The summed E-state index contributed by atoms with van der Waals surface area (Å²) in [5.74, 6) is 0.373. The minimum absolute atomic E-state index is 0. The zero-order valence-corrected chi connectivity index (χ0v) is 29.4. The van der Waals surface area contributed by atoms with Crippen molar-refractivity contribution in [1.82, 2.24) is 0 Å². The van der Waals surface area contributed by atoms with Crippen LogP contribution in [0.1, 0.15) is 37.4 Å². The minimum atomic E-state index is -0.340. The number of carbonyl (C=O) groups is 2. The molecule has 0 fully saturated rings. The minimum Gasteiger partial charge on any atom is -1.00 e. The Morgan fingerprint density at radius 1 is 0.522 bits per heavy atom. The lowest BCUT2D eigenvalue weighted by Crippen LogP contribution is -3.00. The maximum atomic E-state index is 14.0. The van der Waals surface area contributed by atoms with Crippen LogP contribution in [0.15, 0.2) is 24.3 Å². The van der Waals surface area contributed by atoms with Gasteiger partial charge in [-0.05, 0) is 18.2 Å². The lowest BCUT2D eigenvalue weighted by molar-refractivity contribution is -0.941. The van der Waals surface area contributed by atoms with Crippen LogP contribution in [-0.4, -0.2) is 138 Å². The quantitative estimate of drug-likeness (QED) is 0.0961. The van der Waals surface area contributed by atoms with Crippen molar-refractivity contribution in [2.75, 3.05) is 122 Å². The van der Waals surface area contributed by atoms with Gasteiger partial charge >= 0.3 is 0 Å². The Hall–Kier alpha value is -2.62. The first kappa shape index (κ1) is 39.6. The fourth-order valence-corrected chi connectivity index (χ4v) is 5.36. The van der Waals surface area contributed by atoms with Crippen LogP contribution in [-0.2, 0) is 35.0 Å². The van der Waals surface area contributed by atoms with Crippen molar-refractivity contribution < 1.29 is 73.7 Å². The van der Waals surface area contributed by atoms with E-state index in [4.69, 9.17) is 42.6 Å². The van der Waals surface area contributed by atoms with Gasteiger partial charge < -0.3 is 64.1 Å². The number of fused-ring (bicyclic) bond motifs is 2. The highest BCUT2D eigenvalue weighted by molar-refractivity contribution is 6.30. The van der Waals surface area contributed by atoms with Gasteiger partial charge in [-0.15, -0.1) is 0 Å². The van der Waals surface area contributed by atoms with E-state index in [1.54, 1.807) is 39.5 Å². The molecule has 1 aliphatic carbocycles. The number of rotatable bonds is 23. The van der Waals surface area contributed by atoms with Crippen LogP contribution in [0.4, 0.5) is 0 Å². The van der Waals surface area contributed by atoms with E-state index in [9.17, 15) is 9.59 Å². The van der Waals surface area contributed by atoms with E-state index in [0.717, 1.165) is 5.56 Å². The molecule has 2 aromatic carbocycles. The van der Waals surface area contributed by atoms with Gasteiger partial charge in [0.25, 0.3) is 0 Å². The Morgan fingerprint density at radius 2 is 0.978 bits per heavy atom. The molecule has 258 valence electrons. The molecule has 12 nitrogen and oxygen atoms in total. The largest absolute Gasteiger partial charge is 1.00 e. The van der Waals surface area contributed by atoms with Gasteiger partial charge in [0.2, 0.25) is 5.78 Å². The second kappa shape index (κ2) is 20.6. The molecule has 0 spiro atoms. The molecule has 0 N–H and O–H groups in total. The molecule has 13 heteroatoms. The number of hydrogen-bond acceptors (Lipinski definition) is 11. The van der Waals surface area contributed by atoms with Crippen LogP contribution >= 0.6 is 0 Å². The topological polar surface area (TPSA) is 117 Å². The van der Waals surface area contributed by atoms with Gasteiger partial charge in [-0.2, -0.15) is 0 Å². The molecule has 0 bridgehead atoms. The maximum Gasteiger partial charge on any atom is 0.201 e. The van der Waals surface area contributed by atoms with E-state index in [2.05, 4.69) is 0 Å². The SMILES string of the molecule is COCCOCC[N+](CCOCCOC)(CCOCCOC)Cc1cc(OC)c2c(c1)C(=O)c1cc(OC)cc(OC)c1C2=O.[Br-]. The molecule has 1 aliphatic rings. The van der Waals surface area contributed by atoms with E-state index in [1.165, 1.54) is 21.3 Å². The molecule has 0 aromatic heterocycles. The number of benzene rings is 2. The van der Waals surface area contributed by atoms with Crippen molar-refractivity contribution >= 4 is 11.6 Å². The Kier molecular flexibility index (Phi) is 17.7. The zero-order chi connectivity index (χ0) is 32.7. The first-order valence-electron chi connectivity index (χ1n) is 15.0. The second-order valence-electron chi connectivity index (χ2n) is 10.6. The second-order valence-corrected chi connectivity index (χ2v) is 10.6. The molecule has 0 saturated carbocycles. The summed E-state index contributed by atoms with van der Waals surface area (Å²) >= 11 is 0. The third-order valence-electron chi connectivity index (χ3n) is 7.80. The highest BCUT2D eigenvalue weighted by atomic mass is 79.9. The molecule has 0 amide bonds. The maximum absolute atomic E-state index is 14.0. The van der Waals surface area contributed by atoms with Gasteiger partial charge in [0.05, 0.1) is 91.9 Å². The van der Waals surface area contributed by atoms with E-state index < -0.39 is 0 Å². The molecule has 46 heavy (non-hydrogen) atoms. The predicted molar refractivity (Wildman–Crippen MR) is 166 cm³/mol. The molecule has 3 rings (SSSR count). The van der Waals surface area contributed by atoms with Crippen LogP contribution in [0, 0.1) is 0 Å². The third kappa shape index (κ3) is 10.4. The first-order chi connectivity index (χ1) is 21.9. The summed E-state index contributed by atoms with van der Waals surface area (Å²) in [5, 5.41) is 0. The van der Waals surface area contributed by atoms with Crippen molar-refractivity contribution in [1.29, 1.82) is 0 Å². The Balaban J connectivity index is 0.00000736. The molecule has 0 aliphatic heterocycles. The third-order valence-corrected chi connectivity index (χ3v) is 7.80. The highest BCUT2D eigenvalue weighted by Crippen LogP contribution is 2.40. The van der Waals surface area contributed by atoms with Crippen molar-refractivity contribution in [3.63, 3.8) is 0 Å². The van der Waals surface area contributed by atoms with Crippen LogP contribution in [0.5, 0.6) is 17.2 Å². The summed E-state index contributed by atoms with van der Waals surface area (Å²) < 4.78 is 50.3. The summed E-state index contributed by atoms with van der Waals surface area (Å²) in [6.45, 7) is 6.79. The van der Waals surface area contributed by atoms with Crippen molar-refractivity contribution in [3.8, 4) is 17.2 Å². The normalized spacial score (nSPS) is 12.4. The number of carbonyl (C=O) groups excluding carboxylic acids is 2. The summed E-state index contributed by atoms with van der Waals surface area (Å²) in [5.41, 5.74) is 1.75. The summed E-state index contributed by atoms with van der Waals surface area (Å²) in [4.78, 5) is 27.8. The number of methoxy groups -OCH3 is 6. The van der Waals surface area contributed by atoms with Crippen molar-refractivity contribution in [2.45, 2.75) is 6.54 Å². The van der Waals surface area contributed by atoms with Gasteiger partial charge in [-0.3, -0.25) is 9.59 Å². The molecule has 0 saturated heterocycles. The standard InChI is InChI=1S/C33H48NO11.BrH/c1-37-13-16-43-10-7-34(8-11-44-17-14-38-2,9-12-45-18-15-39-3)23-24-19-26-30(28(20-24)41-5)33(36)31-27(32(26)35)21-25(40-4)22-29(31)42-6;/h19-22H,7-18,23H2,1-6H3;1H/q+1;/p-1. The number of ether oxygens (including phenoxy) is 9. The lowest BCUT2D eigenvalue weighted by Gasteiger charge is -2.39. The Morgan fingerprint density at radius 3 is 1.41 bits per heavy atom. The zero-order valence-electron chi connectivity index (χ0n) is 27.8. The number of quaternary nitrogens is 1. The molecular formula is C33H48BrNO11. The van der Waals surface area contributed by atoms with Crippen LogP contribution < -0.4 is 31.2 Å². The molecule has 0 atom stereocenters. The van der Waals surface area contributed by atoms with Crippen LogP contribution in [0.25, 0.3) is 0 Å². The summed E-state index contributed by atoms with van der Waals surface area (Å²) in [7, 11) is 9.36. The molecule has 2 aromatic rings. The molecule has 0 radical (unpaired) electrons. The van der Waals surface area contributed by atoms with E-state index in [-0.39, 0.29) is 56.6 Å². The predicted octanol–water partition coefficient (Wildman–Crippen LogP) is -0.202. The van der Waals surface area contributed by atoms with Gasteiger partial charge in [-0.25, -0.2) is 0 Å². The summed E-state index contributed by atoms with van der Waals surface area (Å²) in [6.07, 6.45) is 0. The van der Waals surface area contributed by atoms with E-state index in [0.29, 0.717) is 102 Å². The van der Waals surface area contributed by atoms with Crippen molar-refractivity contribution in [3.05, 3.63) is 52.1 Å². The van der Waals surface area contributed by atoms with Gasteiger partial charge in [0.1, 0.15) is 43.4 Å². The smallest absolute Gasteiger partial charge is 0.201 e. The Labute approximate surface area is 282 Å². The van der Waals surface area contributed by atoms with E-state index in [1.807, 2.05) is 6.07 Å². The average molecular weight is 715 g/mol.